The molecule has 0 saturated carbocycles. The second-order valence-electron chi connectivity index (χ2n) is 4.58. The first-order chi connectivity index (χ1) is 8.65. The summed E-state index contributed by atoms with van der Waals surface area (Å²) in [5, 5.41) is 22.4. The highest BCUT2D eigenvalue weighted by Crippen LogP contribution is 2.31. The topological polar surface area (TPSA) is 92.5 Å². The van der Waals surface area contributed by atoms with Gasteiger partial charge in [-0.3, -0.25) is 14.9 Å². The molecule has 1 aromatic carbocycles. The van der Waals surface area contributed by atoms with E-state index in [9.17, 15) is 19.3 Å². The van der Waals surface area contributed by atoms with E-state index in [1.165, 1.54) is 13.8 Å². The zero-order valence-electron chi connectivity index (χ0n) is 10.2. The van der Waals surface area contributed by atoms with Gasteiger partial charge < -0.3 is 10.4 Å². The molecule has 0 radical (unpaired) electrons. The van der Waals surface area contributed by atoms with E-state index in [2.05, 4.69) is 21.2 Å². The Bertz CT molecular complexity index is 534. The Kier molecular flexibility index (Phi) is 4.46. The smallest absolute Gasteiger partial charge is 0.310 e. The molecule has 0 saturated heterocycles. The summed E-state index contributed by atoms with van der Waals surface area (Å²) in [6.45, 7) is 2.86. The minimum Gasteiger partial charge on any atom is -0.481 e. The number of nitrogens with zero attached hydrogens (tertiary/aromatic N) is 1. The van der Waals surface area contributed by atoms with E-state index >= 15 is 0 Å². The normalized spacial score (nSPS) is 11.2. The number of carboxylic acid groups (broad SMARTS) is 1. The van der Waals surface area contributed by atoms with E-state index in [1.807, 2.05) is 0 Å². The zero-order chi connectivity index (χ0) is 14.8. The first kappa shape index (κ1) is 15.4. The molecule has 1 aromatic rings. The minimum atomic E-state index is -1.13. The third kappa shape index (κ3) is 3.63. The van der Waals surface area contributed by atoms with Crippen LogP contribution >= 0.6 is 15.9 Å². The number of rotatable bonds is 5. The lowest BCUT2D eigenvalue weighted by atomic mass is 9.94. The van der Waals surface area contributed by atoms with Crippen LogP contribution in [0, 0.1) is 21.3 Å². The number of halogens is 2. The standard InChI is InChI=1S/C11H12BrFN2O4/c1-11(2,10(16)17)5-14-8-4-7(13)6(12)3-9(8)15(18)19/h3-4,14H,5H2,1-2H3,(H,16,17). The summed E-state index contributed by atoms with van der Waals surface area (Å²) in [4.78, 5) is 21.1. The Morgan fingerprint density at radius 1 is 1.58 bits per heavy atom. The van der Waals surface area contributed by atoms with Gasteiger partial charge in [0.2, 0.25) is 0 Å². The van der Waals surface area contributed by atoms with Crippen LogP contribution in [0.3, 0.4) is 0 Å². The summed E-state index contributed by atoms with van der Waals surface area (Å²) in [7, 11) is 0. The van der Waals surface area contributed by atoms with Gasteiger partial charge in [0, 0.05) is 18.7 Å². The quantitative estimate of drug-likeness (QED) is 0.637. The summed E-state index contributed by atoms with van der Waals surface area (Å²) in [5.74, 6) is -1.72. The molecule has 0 spiro atoms. The summed E-state index contributed by atoms with van der Waals surface area (Å²) in [6, 6.07) is 1.99. The summed E-state index contributed by atoms with van der Waals surface area (Å²) >= 11 is 2.86. The highest BCUT2D eigenvalue weighted by atomic mass is 79.9. The van der Waals surface area contributed by atoms with Gasteiger partial charge >= 0.3 is 5.97 Å². The average molecular weight is 335 g/mol. The van der Waals surface area contributed by atoms with Crippen molar-refractivity contribution < 1.29 is 19.2 Å². The van der Waals surface area contributed by atoms with Gasteiger partial charge in [0.15, 0.2) is 0 Å². The molecule has 6 nitrogen and oxygen atoms in total. The fraction of sp³-hybridized carbons (Fsp3) is 0.364. The molecule has 0 fully saturated rings. The van der Waals surface area contributed by atoms with E-state index in [0.29, 0.717) is 0 Å². The zero-order valence-corrected chi connectivity index (χ0v) is 11.8. The molecule has 19 heavy (non-hydrogen) atoms. The van der Waals surface area contributed by atoms with Crippen LogP contribution in [0.1, 0.15) is 13.8 Å². The Balaban J connectivity index is 3.04. The molecule has 0 aromatic heterocycles. The van der Waals surface area contributed by atoms with Crippen LogP contribution in [-0.4, -0.2) is 22.5 Å². The van der Waals surface area contributed by atoms with Gasteiger partial charge in [0.25, 0.3) is 5.69 Å². The number of aliphatic carboxylic acids is 1. The SMILES string of the molecule is CC(C)(CNc1cc(F)c(Br)cc1[N+](=O)[O-])C(=O)O. The van der Waals surface area contributed by atoms with Gasteiger partial charge in [0.1, 0.15) is 11.5 Å². The van der Waals surface area contributed by atoms with Gasteiger partial charge in [-0.25, -0.2) is 4.39 Å². The van der Waals surface area contributed by atoms with Crippen LogP contribution in [0.5, 0.6) is 0 Å². The maximum atomic E-state index is 13.4. The lowest BCUT2D eigenvalue weighted by Crippen LogP contribution is -2.31. The first-order valence-electron chi connectivity index (χ1n) is 5.26. The molecule has 0 amide bonds. The molecule has 0 atom stereocenters. The fourth-order valence-corrected chi connectivity index (χ4v) is 1.55. The molecule has 0 aliphatic heterocycles. The highest BCUT2D eigenvalue weighted by molar-refractivity contribution is 9.10. The Hall–Kier alpha value is -1.70. The van der Waals surface area contributed by atoms with Crippen LogP contribution < -0.4 is 5.32 Å². The summed E-state index contributed by atoms with van der Waals surface area (Å²) in [6.07, 6.45) is 0. The van der Waals surface area contributed by atoms with Gasteiger partial charge in [0.05, 0.1) is 14.8 Å². The molecule has 0 aliphatic rings. The molecule has 0 bridgehead atoms. The van der Waals surface area contributed by atoms with Crippen molar-refractivity contribution >= 4 is 33.3 Å². The van der Waals surface area contributed by atoms with E-state index in [0.717, 1.165) is 12.1 Å². The number of carboxylic acids is 1. The average Bonchev–Trinajstić information content (AvgIpc) is 2.29. The molecule has 0 aliphatic carbocycles. The van der Waals surface area contributed by atoms with Crippen molar-refractivity contribution in [2.45, 2.75) is 13.8 Å². The fourth-order valence-electron chi connectivity index (χ4n) is 1.22. The molecule has 1 rings (SSSR count). The second kappa shape index (κ2) is 5.52. The largest absolute Gasteiger partial charge is 0.481 e. The van der Waals surface area contributed by atoms with Crippen molar-refractivity contribution in [1.29, 1.82) is 0 Å². The van der Waals surface area contributed by atoms with Gasteiger partial charge in [-0.05, 0) is 29.8 Å². The predicted octanol–water partition coefficient (Wildman–Crippen LogP) is 3.02. The molecule has 104 valence electrons. The van der Waals surface area contributed by atoms with Gasteiger partial charge in [-0.2, -0.15) is 0 Å². The maximum absolute atomic E-state index is 13.4. The third-order valence-corrected chi connectivity index (χ3v) is 3.14. The monoisotopic (exact) mass is 334 g/mol. The van der Waals surface area contributed by atoms with Crippen LogP contribution in [0.4, 0.5) is 15.8 Å². The number of nitro benzene ring substituents is 1. The van der Waals surface area contributed by atoms with Crippen molar-refractivity contribution in [2.75, 3.05) is 11.9 Å². The lowest BCUT2D eigenvalue weighted by molar-refractivity contribution is -0.384. The van der Waals surface area contributed by atoms with Gasteiger partial charge in [-0.15, -0.1) is 0 Å². The number of hydrogen-bond acceptors (Lipinski definition) is 4. The first-order valence-corrected chi connectivity index (χ1v) is 6.05. The van der Waals surface area contributed by atoms with Gasteiger partial charge in [-0.1, -0.05) is 0 Å². The van der Waals surface area contributed by atoms with Crippen LogP contribution in [0.25, 0.3) is 0 Å². The van der Waals surface area contributed by atoms with Crippen molar-refractivity contribution in [3.8, 4) is 0 Å². The predicted molar refractivity (Wildman–Crippen MR) is 70.7 cm³/mol. The van der Waals surface area contributed by atoms with Crippen molar-refractivity contribution in [3.05, 3.63) is 32.5 Å². The molecule has 0 unspecified atom stereocenters. The van der Waals surface area contributed by atoms with E-state index in [4.69, 9.17) is 5.11 Å². The van der Waals surface area contributed by atoms with Crippen LogP contribution in [0.2, 0.25) is 0 Å². The van der Waals surface area contributed by atoms with E-state index in [1.54, 1.807) is 0 Å². The Morgan fingerprint density at radius 2 is 2.16 bits per heavy atom. The highest BCUT2D eigenvalue weighted by Gasteiger charge is 2.28. The number of hydrogen-bond donors (Lipinski definition) is 2. The summed E-state index contributed by atoms with van der Waals surface area (Å²) in [5.41, 5.74) is -1.51. The van der Waals surface area contributed by atoms with Crippen LogP contribution in [0.15, 0.2) is 16.6 Å². The maximum Gasteiger partial charge on any atom is 0.310 e. The van der Waals surface area contributed by atoms with Crippen LogP contribution in [-0.2, 0) is 4.79 Å². The van der Waals surface area contributed by atoms with E-state index < -0.39 is 22.1 Å². The second-order valence-corrected chi connectivity index (χ2v) is 5.44. The molecular formula is C11H12BrFN2O4. The minimum absolute atomic E-state index is 0.0257. The Labute approximate surface area is 116 Å². The number of nitrogens with one attached hydrogen (secondary N) is 1. The van der Waals surface area contributed by atoms with E-state index in [-0.39, 0.29) is 22.4 Å². The number of benzene rings is 1. The number of nitro groups is 1. The molecule has 0 heterocycles. The number of carbonyl (C=O) groups is 1. The third-order valence-electron chi connectivity index (χ3n) is 2.54. The van der Waals surface area contributed by atoms with Crippen molar-refractivity contribution in [2.24, 2.45) is 5.41 Å². The number of anilines is 1. The van der Waals surface area contributed by atoms with Crippen molar-refractivity contribution in [1.82, 2.24) is 0 Å². The van der Waals surface area contributed by atoms with Crippen molar-refractivity contribution in [3.63, 3.8) is 0 Å². The molecular weight excluding hydrogens is 323 g/mol. The lowest BCUT2D eigenvalue weighted by Gasteiger charge is -2.20. The Morgan fingerprint density at radius 3 is 2.63 bits per heavy atom. The molecule has 2 N–H and O–H groups in total. The molecule has 8 heteroatoms. The summed E-state index contributed by atoms with van der Waals surface area (Å²) < 4.78 is 13.3.